The zero-order valence-corrected chi connectivity index (χ0v) is 38.0. The molecule has 4 aliphatic rings. The Hall–Kier alpha value is -4.32. The van der Waals surface area contributed by atoms with Crippen LogP contribution in [0, 0.1) is 6.92 Å². The molecule has 0 fully saturated rings. The average Bonchev–Trinajstić information content (AvgIpc) is 3.81. The first-order valence-electron chi connectivity index (χ1n) is 21.4. The molecule has 0 unspecified atom stereocenters. The summed E-state index contributed by atoms with van der Waals surface area (Å²) >= 11 is 4.11. The van der Waals surface area contributed by atoms with Crippen LogP contribution in [0.4, 0.5) is 34.1 Å². The molecular formula is C53H55BN2S2. The summed E-state index contributed by atoms with van der Waals surface area (Å²) in [5.74, 6) is 0. The van der Waals surface area contributed by atoms with Gasteiger partial charge in [-0.2, -0.15) is 0 Å². The quantitative estimate of drug-likeness (QED) is 0.161. The minimum Gasteiger partial charge on any atom is -0.310 e. The number of benzene rings is 5. The zero-order valence-electron chi connectivity index (χ0n) is 36.4. The first kappa shape index (κ1) is 36.7. The summed E-state index contributed by atoms with van der Waals surface area (Å²) < 4.78 is 5.76. The number of anilines is 6. The molecule has 0 spiro atoms. The van der Waals surface area contributed by atoms with Gasteiger partial charge < -0.3 is 9.80 Å². The molecule has 4 heterocycles. The van der Waals surface area contributed by atoms with Gasteiger partial charge in [-0.3, -0.25) is 0 Å². The van der Waals surface area contributed by atoms with Gasteiger partial charge in [0, 0.05) is 52.5 Å². The Labute approximate surface area is 354 Å². The predicted molar refractivity (Wildman–Crippen MR) is 256 cm³/mol. The van der Waals surface area contributed by atoms with Crippen molar-refractivity contribution >= 4 is 98.7 Å². The molecule has 2 aliphatic heterocycles. The lowest BCUT2D eigenvalue weighted by atomic mass is 9.39. The molecule has 2 nitrogen and oxygen atoms in total. The van der Waals surface area contributed by atoms with Crippen LogP contribution >= 0.6 is 22.7 Å². The third-order valence-corrected chi connectivity index (χ3v) is 16.8. The minimum atomic E-state index is -0.0663. The van der Waals surface area contributed by atoms with Crippen LogP contribution in [-0.2, 0) is 27.1 Å². The predicted octanol–water partition coefficient (Wildman–Crippen LogP) is 13.7. The molecule has 0 atom stereocenters. The summed E-state index contributed by atoms with van der Waals surface area (Å²) in [7, 11) is 0. The normalized spacial score (nSPS) is 19.0. The number of aryl methyl sites for hydroxylation is 1. The molecular weight excluding hydrogens is 740 g/mol. The molecule has 2 aliphatic carbocycles. The maximum absolute atomic E-state index is 2.67. The highest BCUT2D eigenvalue weighted by molar-refractivity contribution is 7.40. The van der Waals surface area contributed by atoms with E-state index in [-0.39, 0.29) is 33.8 Å². The van der Waals surface area contributed by atoms with Crippen molar-refractivity contribution in [2.24, 2.45) is 0 Å². The molecule has 0 saturated carbocycles. The summed E-state index contributed by atoms with van der Waals surface area (Å²) in [6, 6.07) is 36.1. The van der Waals surface area contributed by atoms with E-state index in [0.29, 0.717) is 0 Å². The molecule has 0 bridgehead atoms. The van der Waals surface area contributed by atoms with Gasteiger partial charge in [0.1, 0.15) is 0 Å². The monoisotopic (exact) mass is 794 g/mol. The van der Waals surface area contributed by atoms with Gasteiger partial charge in [0.05, 0.1) is 11.4 Å². The highest BCUT2D eigenvalue weighted by atomic mass is 32.1. The van der Waals surface area contributed by atoms with Gasteiger partial charge in [0.2, 0.25) is 0 Å². The Bertz CT molecular complexity index is 2900. The number of hydrogen-bond acceptors (Lipinski definition) is 4. The van der Waals surface area contributed by atoms with E-state index in [2.05, 4.69) is 207 Å². The molecule has 5 heteroatoms. The Morgan fingerprint density at radius 3 is 1.38 bits per heavy atom. The molecule has 292 valence electrons. The van der Waals surface area contributed by atoms with Crippen molar-refractivity contribution in [2.75, 3.05) is 9.80 Å². The van der Waals surface area contributed by atoms with Crippen molar-refractivity contribution in [1.29, 1.82) is 0 Å². The van der Waals surface area contributed by atoms with Gasteiger partial charge in [0.15, 0.2) is 0 Å². The Kier molecular flexibility index (Phi) is 7.28. The average molecular weight is 795 g/mol. The van der Waals surface area contributed by atoms with Crippen LogP contribution in [0.5, 0.6) is 0 Å². The van der Waals surface area contributed by atoms with Crippen molar-refractivity contribution in [2.45, 2.75) is 123 Å². The van der Waals surface area contributed by atoms with E-state index < -0.39 is 0 Å². The number of nitrogens with zero attached hydrogens (tertiary/aromatic N) is 2. The fourth-order valence-corrected chi connectivity index (χ4v) is 14.9. The number of hydrogen-bond donors (Lipinski definition) is 0. The number of para-hydroxylation sites is 1. The van der Waals surface area contributed by atoms with E-state index in [1.807, 2.05) is 0 Å². The lowest BCUT2D eigenvalue weighted by Gasteiger charge is -2.43. The zero-order chi connectivity index (χ0) is 40.6. The van der Waals surface area contributed by atoms with Crippen LogP contribution in [0.15, 0.2) is 91.0 Å². The summed E-state index contributed by atoms with van der Waals surface area (Å²) in [5, 5.41) is 2.79. The maximum atomic E-state index is 2.67. The topological polar surface area (TPSA) is 6.48 Å². The molecule has 5 aromatic carbocycles. The van der Waals surface area contributed by atoms with Crippen LogP contribution in [-0.4, -0.2) is 6.71 Å². The van der Waals surface area contributed by atoms with Crippen LogP contribution < -0.4 is 24.8 Å². The fraction of sp³-hybridized carbons (Fsp3) is 0.358. The second-order valence-corrected chi connectivity index (χ2v) is 23.9. The number of fused-ring (bicyclic) bond motifs is 10. The standard InChI is InChI=1S/C53H55BN2S2/c1-30-18-20-33(21-19-30)56-41-23-31(49(2,3)4)22-40-44(41)54(48-46(56)35-25-37-39(27-43(35)58-48)53(11,12)29-51(37,7)8)47-45(55(40)32-16-14-13-15-17-32)34-24-36-38(26-42(34)57-47)52(9,10)28-50(36,5)6/h13-27H,28-29H2,1-12H3. The van der Waals surface area contributed by atoms with Gasteiger partial charge in [-0.1, -0.05) is 112 Å². The number of rotatable bonds is 2. The van der Waals surface area contributed by atoms with Crippen molar-refractivity contribution < 1.29 is 0 Å². The van der Waals surface area contributed by atoms with E-state index >= 15 is 0 Å². The Morgan fingerprint density at radius 2 is 0.948 bits per heavy atom. The Balaban J connectivity index is 1.31. The summed E-state index contributed by atoms with van der Waals surface area (Å²) in [6.45, 7) is 29.1. The Morgan fingerprint density at radius 1 is 0.534 bits per heavy atom. The lowest BCUT2D eigenvalue weighted by molar-refractivity contribution is 0.403. The molecule has 2 aromatic heterocycles. The largest absolute Gasteiger partial charge is 0.310 e. The SMILES string of the molecule is Cc1ccc(N2c3cc(C(C)(C)C)cc4c3B(c3sc5cc6c(cc5c3N4c3ccccc3)C(C)(C)CC6(C)C)c3sc4cc5c(cc4c32)C(C)(C)CC5(C)C)cc1. The number of thiophene rings is 2. The molecule has 7 aromatic rings. The smallest absolute Gasteiger partial charge is 0.277 e. The van der Waals surface area contributed by atoms with E-state index in [4.69, 9.17) is 0 Å². The third kappa shape index (κ3) is 4.96. The summed E-state index contributed by atoms with van der Waals surface area (Å²) in [5.41, 5.74) is 18.4. The van der Waals surface area contributed by atoms with Gasteiger partial charge >= 0.3 is 0 Å². The van der Waals surface area contributed by atoms with E-state index in [1.54, 1.807) is 0 Å². The molecule has 0 amide bonds. The summed E-state index contributed by atoms with van der Waals surface area (Å²) in [4.78, 5) is 5.32. The van der Waals surface area contributed by atoms with Crippen LogP contribution in [0.1, 0.15) is 122 Å². The van der Waals surface area contributed by atoms with Crippen molar-refractivity contribution in [3.8, 4) is 0 Å². The van der Waals surface area contributed by atoms with Gasteiger partial charge in [-0.05, 0) is 141 Å². The highest BCUT2D eigenvalue weighted by Gasteiger charge is 2.50. The second-order valence-electron chi connectivity index (χ2n) is 21.8. The van der Waals surface area contributed by atoms with Crippen molar-refractivity contribution in [3.63, 3.8) is 0 Å². The van der Waals surface area contributed by atoms with Crippen LogP contribution in [0.25, 0.3) is 20.2 Å². The second kappa shape index (κ2) is 11.5. The van der Waals surface area contributed by atoms with E-state index in [9.17, 15) is 0 Å². The van der Waals surface area contributed by atoms with Crippen molar-refractivity contribution in [3.05, 3.63) is 124 Å². The fourth-order valence-electron chi connectivity index (χ4n) is 12.1. The highest BCUT2D eigenvalue weighted by Crippen LogP contribution is 2.57. The van der Waals surface area contributed by atoms with Gasteiger partial charge in [0.25, 0.3) is 6.71 Å². The van der Waals surface area contributed by atoms with Crippen molar-refractivity contribution in [1.82, 2.24) is 0 Å². The molecule has 58 heavy (non-hydrogen) atoms. The molecule has 11 rings (SSSR count). The third-order valence-electron chi connectivity index (χ3n) is 14.4. The van der Waals surface area contributed by atoms with Crippen LogP contribution in [0.3, 0.4) is 0 Å². The van der Waals surface area contributed by atoms with E-state index in [0.717, 1.165) is 6.42 Å². The van der Waals surface area contributed by atoms with Gasteiger partial charge in [-0.25, -0.2) is 0 Å². The summed E-state index contributed by atoms with van der Waals surface area (Å²) in [6.07, 6.45) is 2.33. The molecule has 0 saturated heterocycles. The maximum Gasteiger partial charge on any atom is 0.277 e. The molecule has 0 N–H and O–H groups in total. The van der Waals surface area contributed by atoms with Crippen LogP contribution in [0.2, 0.25) is 0 Å². The molecule has 0 radical (unpaired) electrons. The van der Waals surface area contributed by atoms with Gasteiger partial charge in [-0.15, -0.1) is 22.7 Å². The van der Waals surface area contributed by atoms with E-state index in [1.165, 1.54) is 109 Å². The first-order chi connectivity index (χ1) is 27.2. The lowest BCUT2D eigenvalue weighted by Crippen LogP contribution is -2.59. The first-order valence-corrected chi connectivity index (χ1v) is 23.0. The minimum absolute atomic E-state index is 0.0663.